The maximum atomic E-state index is 11.8. The van der Waals surface area contributed by atoms with Gasteiger partial charge in [0.15, 0.2) is 5.13 Å². The number of hydrogen-bond donors (Lipinski definition) is 2. The Bertz CT molecular complexity index is 392. The number of thiazole rings is 1. The number of likely N-dealkylation sites (N-methyl/N-ethyl adjacent to an activating group) is 1. The van der Waals surface area contributed by atoms with Crippen LogP contribution in [0.5, 0.6) is 0 Å². The molecule has 0 aromatic carbocycles. The van der Waals surface area contributed by atoms with Gasteiger partial charge >= 0.3 is 0 Å². The Kier molecular flexibility index (Phi) is 6.01. The molecule has 2 heterocycles. The third-order valence-corrected chi connectivity index (χ3v) is 3.79. The van der Waals surface area contributed by atoms with Gasteiger partial charge in [-0.25, -0.2) is 4.98 Å². The predicted octanol–water partition coefficient (Wildman–Crippen LogP) is 1.11. The molecule has 0 bridgehead atoms. The van der Waals surface area contributed by atoms with Gasteiger partial charge in [-0.3, -0.25) is 9.69 Å². The first-order valence-corrected chi connectivity index (χ1v) is 6.66. The van der Waals surface area contributed by atoms with E-state index in [-0.39, 0.29) is 18.3 Å². The number of hydrogen-bond acceptors (Lipinski definition) is 5. The highest BCUT2D eigenvalue weighted by molar-refractivity contribution is 7.13. The number of aromatic nitrogens is 1. The zero-order valence-electron chi connectivity index (χ0n) is 10.6. The summed E-state index contributed by atoms with van der Waals surface area (Å²) in [5.74, 6) is 0.00810. The van der Waals surface area contributed by atoms with Crippen molar-refractivity contribution >= 4 is 34.8 Å². The lowest BCUT2D eigenvalue weighted by Crippen LogP contribution is -2.39. The number of nitrogens with one attached hydrogen (secondary N) is 2. The van der Waals surface area contributed by atoms with E-state index in [9.17, 15) is 4.79 Å². The van der Waals surface area contributed by atoms with E-state index in [1.807, 2.05) is 19.4 Å². The highest BCUT2D eigenvalue weighted by Crippen LogP contribution is 2.14. The molecule has 1 atom stereocenters. The van der Waals surface area contributed by atoms with Crippen LogP contribution in [0.15, 0.2) is 5.38 Å². The standard InChI is InChI=1S/C11H18N4OS.ClH/c1-8-7-17-11(13-8)14-10(16)6-15(2)9-3-4-12-5-9;/h7,9,12H,3-6H2,1-2H3,(H,13,14,16);1H. The molecule has 2 rings (SSSR count). The lowest BCUT2D eigenvalue weighted by molar-refractivity contribution is -0.117. The maximum absolute atomic E-state index is 11.8. The van der Waals surface area contributed by atoms with Gasteiger partial charge in [-0.05, 0) is 26.9 Å². The van der Waals surface area contributed by atoms with E-state index in [1.54, 1.807) is 0 Å². The molecule has 1 unspecified atom stereocenters. The number of amides is 1. The number of carbonyl (C=O) groups is 1. The zero-order chi connectivity index (χ0) is 12.3. The van der Waals surface area contributed by atoms with E-state index in [0.29, 0.717) is 17.7 Å². The van der Waals surface area contributed by atoms with Crippen molar-refractivity contribution < 1.29 is 4.79 Å². The maximum Gasteiger partial charge on any atom is 0.240 e. The molecule has 1 aliphatic heterocycles. The average Bonchev–Trinajstić information content (AvgIpc) is 2.89. The van der Waals surface area contributed by atoms with Gasteiger partial charge < -0.3 is 10.6 Å². The van der Waals surface area contributed by atoms with Crippen molar-refractivity contribution in [3.8, 4) is 0 Å². The summed E-state index contributed by atoms with van der Waals surface area (Å²) >= 11 is 1.46. The molecule has 7 heteroatoms. The summed E-state index contributed by atoms with van der Waals surface area (Å²) in [6.45, 7) is 4.36. The van der Waals surface area contributed by atoms with Gasteiger partial charge in [0.2, 0.25) is 5.91 Å². The Morgan fingerprint density at radius 2 is 2.50 bits per heavy atom. The summed E-state index contributed by atoms with van der Waals surface area (Å²) in [5, 5.41) is 8.74. The quantitative estimate of drug-likeness (QED) is 0.872. The Labute approximate surface area is 117 Å². The highest BCUT2D eigenvalue weighted by Gasteiger charge is 2.20. The third kappa shape index (κ3) is 4.20. The molecule has 1 aromatic heterocycles. The van der Waals surface area contributed by atoms with E-state index in [1.165, 1.54) is 11.3 Å². The van der Waals surface area contributed by atoms with Crippen LogP contribution in [0.4, 0.5) is 5.13 Å². The first kappa shape index (κ1) is 15.4. The molecule has 0 radical (unpaired) electrons. The molecule has 2 N–H and O–H groups in total. The fourth-order valence-corrected chi connectivity index (χ4v) is 2.65. The van der Waals surface area contributed by atoms with Crippen LogP contribution in [0.1, 0.15) is 12.1 Å². The summed E-state index contributed by atoms with van der Waals surface area (Å²) in [7, 11) is 1.99. The molecular formula is C11H19ClN4OS. The Balaban J connectivity index is 0.00000162. The molecule has 1 aliphatic rings. The van der Waals surface area contributed by atoms with Crippen LogP contribution in [-0.2, 0) is 4.79 Å². The van der Waals surface area contributed by atoms with Crippen LogP contribution in [-0.4, -0.2) is 48.5 Å². The molecule has 102 valence electrons. The Morgan fingerprint density at radius 3 is 3.06 bits per heavy atom. The van der Waals surface area contributed by atoms with Crippen LogP contribution in [0.25, 0.3) is 0 Å². The fourth-order valence-electron chi connectivity index (χ4n) is 1.94. The Morgan fingerprint density at radius 1 is 1.72 bits per heavy atom. The zero-order valence-corrected chi connectivity index (χ0v) is 12.2. The second kappa shape index (κ2) is 7.04. The minimum atomic E-state index is 0. The molecule has 1 amide bonds. The topological polar surface area (TPSA) is 57.3 Å². The third-order valence-electron chi connectivity index (χ3n) is 2.92. The molecular weight excluding hydrogens is 272 g/mol. The van der Waals surface area contributed by atoms with Crippen molar-refractivity contribution in [3.63, 3.8) is 0 Å². The smallest absolute Gasteiger partial charge is 0.240 e. The van der Waals surface area contributed by atoms with Crippen LogP contribution in [0.3, 0.4) is 0 Å². The summed E-state index contributed by atoms with van der Waals surface area (Å²) in [6.07, 6.45) is 1.11. The molecule has 0 spiro atoms. The van der Waals surface area contributed by atoms with Gasteiger partial charge in [-0.2, -0.15) is 0 Å². The second-order valence-corrected chi connectivity index (χ2v) is 5.26. The monoisotopic (exact) mass is 290 g/mol. The van der Waals surface area contributed by atoms with Crippen LogP contribution in [0.2, 0.25) is 0 Å². The van der Waals surface area contributed by atoms with E-state index in [4.69, 9.17) is 0 Å². The van der Waals surface area contributed by atoms with Gasteiger partial charge in [-0.1, -0.05) is 0 Å². The lowest BCUT2D eigenvalue weighted by atomic mass is 10.2. The minimum absolute atomic E-state index is 0. The summed E-state index contributed by atoms with van der Waals surface area (Å²) < 4.78 is 0. The number of anilines is 1. The van der Waals surface area contributed by atoms with Crippen LogP contribution in [0, 0.1) is 6.92 Å². The van der Waals surface area contributed by atoms with Crippen molar-refractivity contribution in [3.05, 3.63) is 11.1 Å². The van der Waals surface area contributed by atoms with Crippen molar-refractivity contribution in [1.29, 1.82) is 0 Å². The van der Waals surface area contributed by atoms with E-state index < -0.39 is 0 Å². The first-order chi connectivity index (χ1) is 8.15. The molecule has 1 saturated heterocycles. The van der Waals surface area contributed by atoms with E-state index in [2.05, 4.69) is 20.5 Å². The van der Waals surface area contributed by atoms with Crippen molar-refractivity contribution in [2.45, 2.75) is 19.4 Å². The van der Waals surface area contributed by atoms with Crippen LogP contribution >= 0.6 is 23.7 Å². The lowest BCUT2D eigenvalue weighted by Gasteiger charge is -2.22. The van der Waals surface area contributed by atoms with E-state index >= 15 is 0 Å². The Hall–Kier alpha value is -0.690. The highest BCUT2D eigenvalue weighted by atomic mass is 35.5. The predicted molar refractivity (Wildman–Crippen MR) is 76.6 cm³/mol. The summed E-state index contributed by atoms with van der Waals surface area (Å²) in [6, 6.07) is 0.471. The van der Waals surface area contributed by atoms with Gasteiger partial charge in [0.1, 0.15) is 0 Å². The van der Waals surface area contributed by atoms with Crippen molar-refractivity contribution in [2.75, 3.05) is 32.0 Å². The summed E-state index contributed by atoms with van der Waals surface area (Å²) in [5.41, 5.74) is 0.943. The van der Waals surface area contributed by atoms with E-state index in [0.717, 1.165) is 25.2 Å². The molecule has 0 saturated carbocycles. The van der Waals surface area contributed by atoms with Crippen molar-refractivity contribution in [1.82, 2.24) is 15.2 Å². The van der Waals surface area contributed by atoms with Crippen molar-refractivity contribution in [2.24, 2.45) is 0 Å². The van der Waals surface area contributed by atoms with Gasteiger partial charge in [0, 0.05) is 18.0 Å². The number of carbonyl (C=O) groups excluding carboxylic acids is 1. The first-order valence-electron chi connectivity index (χ1n) is 5.78. The number of nitrogens with zero attached hydrogens (tertiary/aromatic N) is 2. The molecule has 0 aliphatic carbocycles. The molecule has 5 nitrogen and oxygen atoms in total. The van der Waals surface area contributed by atoms with Gasteiger partial charge in [0.05, 0.1) is 12.2 Å². The summed E-state index contributed by atoms with van der Waals surface area (Å²) in [4.78, 5) is 18.1. The number of halogens is 1. The molecule has 1 aromatic rings. The van der Waals surface area contributed by atoms with Crippen LogP contribution < -0.4 is 10.6 Å². The normalized spacial score (nSPS) is 18.7. The SMILES string of the molecule is Cc1csc(NC(=O)CN(C)C2CCNC2)n1.Cl. The largest absolute Gasteiger partial charge is 0.315 e. The number of aryl methyl sites for hydroxylation is 1. The molecule has 18 heavy (non-hydrogen) atoms. The number of rotatable bonds is 4. The van der Waals surface area contributed by atoms with Gasteiger partial charge in [-0.15, -0.1) is 23.7 Å². The average molecular weight is 291 g/mol. The second-order valence-electron chi connectivity index (χ2n) is 4.40. The van der Waals surface area contributed by atoms with Gasteiger partial charge in [0.25, 0.3) is 0 Å². The molecule has 1 fully saturated rings. The fraction of sp³-hybridized carbons (Fsp3) is 0.636. The minimum Gasteiger partial charge on any atom is -0.315 e.